The maximum atomic E-state index is 13.0. The number of alkyl carbamates (subject to hydrolysis) is 1. The standard InChI is InChI=1S/C26H31Cl2N3O7/c1-15(23(34)29-13-22(32)33)30-24(35)21(31-25(36)38-26(2,3)4)12-16-8-10-17(11-9-16)37-14-18-19(27)6-5-7-20(18)28/h5-11,15,21H,12-14H2,1-4H3,(H,29,34)(H,30,35)(H,31,36)(H,32,33)/t15-,21+/m1/s1. The maximum Gasteiger partial charge on any atom is 0.408 e. The molecule has 2 aromatic carbocycles. The number of amides is 3. The number of carbonyl (C=O) groups is 4. The quantitative estimate of drug-likeness (QED) is 0.324. The third kappa shape index (κ3) is 10.5. The number of carbonyl (C=O) groups excluding carboxylic acids is 3. The number of ether oxygens (including phenoxy) is 2. The molecule has 4 N–H and O–H groups in total. The van der Waals surface area contributed by atoms with Gasteiger partial charge in [-0.3, -0.25) is 14.4 Å². The van der Waals surface area contributed by atoms with E-state index in [1.165, 1.54) is 6.92 Å². The molecule has 0 heterocycles. The minimum absolute atomic E-state index is 0.0746. The van der Waals surface area contributed by atoms with E-state index < -0.39 is 48.1 Å². The van der Waals surface area contributed by atoms with E-state index in [4.69, 9.17) is 37.8 Å². The molecule has 206 valence electrons. The fourth-order valence-electron chi connectivity index (χ4n) is 3.14. The van der Waals surface area contributed by atoms with Crippen molar-refractivity contribution in [3.05, 3.63) is 63.6 Å². The van der Waals surface area contributed by atoms with Crippen LogP contribution in [0.5, 0.6) is 5.75 Å². The van der Waals surface area contributed by atoms with E-state index >= 15 is 0 Å². The summed E-state index contributed by atoms with van der Waals surface area (Å²) in [6, 6.07) is 9.89. The lowest BCUT2D eigenvalue weighted by atomic mass is 10.0. The average molecular weight is 568 g/mol. The molecule has 0 aliphatic rings. The highest BCUT2D eigenvalue weighted by molar-refractivity contribution is 6.35. The molecule has 0 unspecified atom stereocenters. The van der Waals surface area contributed by atoms with Crippen LogP contribution in [-0.4, -0.2) is 53.2 Å². The van der Waals surface area contributed by atoms with Crippen LogP contribution >= 0.6 is 23.2 Å². The second-order valence-electron chi connectivity index (χ2n) is 9.38. The van der Waals surface area contributed by atoms with E-state index in [0.717, 1.165) is 0 Å². The summed E-state index contributed by atoms with van der Waals surface area (Å²) in [4.78, 5) is 48.1. The first-order valence-corrected chi connectivity index (χ1v) is 12.4. The number of carboxylic acids is 1. The molecule has 12 heteroatoms. The molecule has 0 fully saturated rings. The zero-order valence-electron chi connectivity index (χ0n) is 21.5. The van der Waals surface area contributed by atoms with E-state index in [9.17, 15) is 19.2 Å². The Morgan fingerprint density at radius 1 is 0.947 bits per heavy atom. The number of nitrogens with one attached hydrogen (secondary N) is 3. The van der Waals surface area contributed by atoms with Gasteiger partial charge in [0.05, 0.1) is 0 Å². The van der Waals surface area contributed by atoms with Crippen LogP contribution < -0.4 is 20.7 Å². The van der Waals surface area contributed by atoms with Gasteiger partial charge in [0.25, 0.3) is 0 Å². The highest BCUT2D eigenvalue weighted by Crippen LogP contribution is 2.26. The highest BCUT2D eigenvalue weighted by Gasteiger charge is 2.27. The van der Waals surface area contributed by atoms with Gasteiger partial charge in [-0.05, 0) is 57.5 Å². The van der Waals surface area contributed by atoms with Crippen molar-refractivity contribution < 1.29 is 33.8 Å². The minimum atomic E-state index is -1.22. The topological polar surface area (TPSA) is 143 Å². The summed E-state index contributed by atoms with van der Waals surface area (Å²) < 4.78 is 11.0. The van der Waals surface area contributed by atoms with Crippen LogP contribution in [0.1, 0.15) is 38.8 Å². The molecule has 0 aliphatic heterocycles. The van der Waals surface area contributed by atoms with Crippen molar-refractivity contribution in [3.8, 4) is 5.75 Å². The van der Waals surface area contributed by atoms with Gasteiger partial charge in [-0.1, -0.05) is 41.4 Å². The van der Waals surface area contributed by atoms with E-state index in [0.29, 0.717) is 26.9 Å². The summed E-state index contributed by atoms with van der Waals surface area (Å²) in [5, 5.41) is 16.9. The number of halogens is 2. The van der Waals surface area contributed by atoms with Gasteiger partial charge in [0.2, 0.25) is 11.8 Å². The second kappa shape index (κ2) is 13.9. The molecule has 2 aromatic rings. The number of benzene rings is 2. The number of aliphatic carboxylic acids is 1. The minimum Gasteiger partial charge on any atom is -0.489 e. The van der Waals surface area contributed by atoms with Crippen LogP contribution in [0.4, 0.5) is 4.79 Å². The largest absolute Gasteiger partial charge is 0.489 e. The van der Waals surface area contributed by atoms with E-state index in [-0.39, 0.29) is 13.0 Å². The molecule has 0 radical (unpaired) electrons. The molecule has 3 amide bonds. The van der Waals surface area contributed by atoms with Crippen molar-refractivity contribution in [2.75, 3.05) is 6.54 Å². The summed E-state index contributed by atoms with van der Waals surface area (Å²) in [6.07, 6.45) is -0.734. The summed E-state index contributed by atoms with van der Waals surface area (Å²) in [7, 11) is 0. The number of hydrogen-bond donors (Lipinski definition) is 4. The molecular weight excluding hydrogens is 537 g/mol. The summed E-state index contributed by atoms with van der Waals surface area (Å²) in [5.41, 5.74) is 0.547. The Morgan fingerprint density at radius 2 is 1.55 bits per heavy atom. The molecule has 0 aliphatic carbocycles. The Balaban J connectivity index is 2.09. The van der Waals surface area contributed by atoms with Gasteiger partial charge in [0.1, 0.15) is 36.6 Å². The third-order valence-corrected chi connectivity index (χ3v) is 5.69. The molecular formula is C26H31Cl2N3O7. The van der Waals surface area contributed by atoms with Gasteiger partial charge >= 0.3 is 12.1 Å². The van der Waals surface area contributed by atoms with Gasteiger partial charge in [-0.25, -0.2) is 4.79 Å². The van der Waals surface area contributed by atoms with Crippen molar-refractivity contribution in [1.29, 1.82) is 0 Å². The Bertz CT molecular complexity index is 1130. The molecule has 0 aromatic heterocycles. The lowest BCUT2D eigenvalue weighted by Gasteiger charge is -2.24. The zero-order chi connectivity index (χ0) is 28.5. The molecule has 0 saturated carbocycles. The van der Waals surface area contributed by atoms with Gasteiger partial charge in [0, 0.05) is 22.0 Å². The monoisotopic (exact) mass is 567 g/mol. The van der Waals surface area contributed by atoms with E-state index in [2.05, 4.69) is 16.0 Å². The predicted octanol–water partition coefficient (Wildman–Crippen LogP) is 3.71. The summed E-state index contributed by atoms with van der Waals surface area (Å²) >= 11 is 12.4. The Morgan fingerprint density at radius 3 is 2.11 bits per heavy atom. The van der Waals surface area contributed by atoms with Crippen LogP contribution in [0.2, 0.25) is 10.0 Å². The highest BCUT2D eigenvalue weighted by atomic mass is 35.5. The summed E-state index contributed by atoms with van der Waals surface area (Å²) in [6.45, 7) is 6.03. The van der Waals surface area contributed by atoms with Crippen LogP contribution in [-0.2, 0) is 32.1 Å². The van der Waals surface area contributed by atoms with Crippen LogP contribution in [0, 0.1) is 0 Å². The van der Waals surface area contributed by atoms with Crippen molar-refractivity contribution in [3.63, 3.8) is 0 Å². The second-order valence-corrected chi connectivity index (χ2v) is 10.2. The van der Waals surface area contributed by atoms with Crippen molar-refractivity contribution >= 4 is 47.1 Å². The average Bonchev–Trinajstić information content (AvgIpc) is 2.81. The van der Waals surface area contributed by atoms with Gasteiger partial charge < -0.3 is 30.5 Å². The molecule has 0 saturated heterocycles. The predicted molar refractivity (Wildman–Crippen MR) is 142 cm³/mol. The van der Waals surface area contributed by atoms with Gasteiger partial charge in [0.15, 0.2) is 0 Å². The Hall–Kier alpha value is -3.50. The van der Waals surface area contributed by atoms with Gasteiger partial charge in [-0.15, -0.1) is 0 Å². The lowest BCUT2D eigenvalue weighted by Crippen LogP contribution is -2.54. The Kier molecular flexibility index (Phi) is 11.2. The van der Waals surface area contributed by atoms with Crippen LogP contribution in [0.15, 0.2) is 42.5 Å². The van der Waals surface area contributed by atoms with Crippen molar-refractivity contribution in [2.24, 2.45) is 0 Å². The first-order chi connectivity index (χ1) is 17.7. The molecule has 0 spiro atoms. The first kappa shape index (κ1) is 30.7. The maximum absolute atomic E-state index is 13.0. The number of rotatable bonds is 11. The molecule has 38 heavy (non-hydrogen) atoms. The van der Waals surface area contributed by atoms with Crippen LogP contribution in [0.25, 0.3) is 0 Å². The molecule has 2 atom stereocenters. The normalized spacial score (nSPS) is 12.6. The zero-order valence-corrected chi connectivity index (χ0v) is 23.0. The smallest absolute Gasteiger partial charge is 0.408 e. The van der Waals surface area contributed by atoms with Gasteiger partial charge in [-0.2, -0.15) is 0 Å². The molecule has 0 bridgehead atoms. The molecule has 10 nitrogen and oxygen atoms in total. The third-order valence-electron chi connectivity index (χ3n) is 4.98. The van der Waals surface area contributed by atoms with E-state index in [1.54, 1.807) is 63.2 Å². The SMILES string of the molecule is C[C@@H](NC(=O)[C@H](Cc1ccc(OCc2c(Cl)cccc2Cl)cc1)NC(=O)OC(C)(C)C)C(=O)NCC(=O)O. The fourth-order valence-corrected chi connectivity index (χ4v) is 3.64. The Labute approximate surface area is 231 Å². The lowest BCUT2D eigenvalue weighted by molar-refractivity contribution is -0.138. The molecule has 2 rings (SSSR count). The first-order valence-electron chi connectivity index (χ1n) is 11.7. The number of hydrogen-bond acceptors (Lipinski definition) is 6. The van der Waals surface area contributed by atoms with Crippen molar-refractivity contribution in [2.45, 2.75) is 58.4 Å². The number of carboxylic acid groups (broad SMARTS) is 1. The van der Waals surface area contributed by atoms with E-state index in [1.807, 2.05) is 0 Å². The fraction of sp³-hybridized carbons (Fsp3) is 0.385. The van der Waals surface area contributed by atoms with Crippen LogP contribution in [0.3, 0.4) is 0 Å². The van der Waals surface area contributed by atoms with Crippen molar-refractivity contribution in [1.82, 2.24) is 16.0 Å². The summed E-state index contributed by atoms with van der Waals surface area (Å²) in [5.74, 6) is -2.02.